The van der Waals surface area contributed by atoms with E-state index in [0.717, 1.165) is 38.8 Å². The molecule has 86 valence electrons. The Morgan fingerprint density at radius 3 is 2.67 bits per heavy atom. The Kier molecular flexibility index (Phi) is 2.11. The Morgan fingerprint density at radius 2 is 2.07 bits per heavy atom. The molecule has 3 aliphatic rings. The van der Waals surface area contributed by atoms with E-state index in [4.69, 9.17) is 0 Å². The number of hydrogen-bond donors (Lipinski definition) is 2. The summed E-state index contributed by atoms with van der Waals surface area (Å²) in [7, 11) is -3.19. The van der Waals surface area contributed by atoms with Gasteiger partial charge in [0.15, 0.2) is 0 Å². The first-order valence-corrected chi connectivity index (χ1v) is 7.08. The molecule has 0 bridgehead atoms. The van der Waals surface area contributed by atoms with Gasteiger partial charge in [-0.1, -0.05) is 0 Å². The van der Waals surface area contributed by atoms with E-state index >= 15 is 0 Å². The molecular weight excluding hydrogens is 214 g/mol. The SMILES string of the molecule is O=S1(=O)NCC2(CCCNC2)N1C1CC1. The van der Waals surface area contributed by atoms with E-state index in [-0.39, 0.29) is 11.6 Å². The highest BCUT2D eigenvalue weighted by molar-refractivity contribution is 7.87. The molecule has 1 spiro atoms. The zero-order chi connectivity index (χ0) is 10.5. The van der Waals surface area contributed by atoms with Gasteiger partial charge in [0.25, 0.3) is 10.2 Å². The lowest BCUT2D eigenvalue weighted by Crippen LogP contribution is -2.57. The fraction of sp³-hybridized carbons (Fsp3) is 1.00. The molecule has 3 fully saturated rings. The van der Waals surface area contributed by atoms with E-state index in [1.54, 1.807) is 4.31 Å². The third-order valence-corrected chi connectivity index (χ3v) is 5.35. The topological polar surface area (TPSA) is 61.4 Å². The van der Waals surface area contributed by atoms with Crippen LogP contribution in [0.1, 0.15) is 25.7 Å². The predicted octanol–water partition coefficient (Wildman–Crippen LogP) is -0.579. The van der Waals surface area contributed by atoms with Crippen molar-refractivity contribution in [1.82, 2.24) is 14.3 Å². The zero-order valence-corrected chi connectivity index (χ0v) is 9.52. The lowest BCUT2D eigenvalue weighted by atomic mass is 9.90. The smallest absolute Gasteiger partial charge is 0.280 e. The standard InChI is InChI=1S/C9H17N3O2S/c13-15(14)11-7-9(4-1-5-10-6-9)12(15)8-2-3-8/h8,10-11H,1-7H2. The third-order valence-electron chi connectivity index (χ3n) is 3.64. The molecule has 0 aromatic heterocycles. The summed E-state index contributed by atoms with van der Waals surface area (Å²) in [5.74, 6) is 0. The summed E-state index contributed by atoms with van der Waals surface area (Å²) >= 11 is 0. The van der Waals surface area contributed by atoms with Crippen molar-refractivity contribution in [2.45, 2.75) is 37.3 Å². The molecule has 6 heteroatoms. The Balaban J connectivity index is 1.94. The van der Waals surface area contributed by atoms with Gasteiger partial charge in [0.05, 0.1) is 5.54 Å². The Labute approximate surface area is 90.4 Å². The van der Waals surface area contributed by atoms with Gasteiger partial charge in [0.2, 0.25) is 0 Å². The van der Waals surface area contributed by atoms with Gasteiger partial charge in [-0.25, -0.2) is 4.72 Å². The van der Waals surface area contributed by atoms with E-state index in [1.165, 1.54) is 0 Å². The summed E-state index contributed by atoms with van der Waals surface area (Å²) in [5, 5.41) is 3.32. The van der Waals surface area contributed by atoms with E-state index in [9.17, 15) is 8.42 Å². The molecule has 2 aliphatic heterocycles. The maximum Gasteiger partial charge on any atom is 0.280 e. The van der Waals surface area contributed by atoms with Gasteiger partial charge in [0.1, 0.15) is 0 Å². The van der Waals surface area contributed by atoms with Crippen LogP contribution in [0.2, 0.25) is 0 Å². The van der Waals surface area contributed by atoms with Gasteiger partial charge >= 0.3 is 0 Å². The normalized spacial score (nSPS) is 41.1. The first-order valence-electron chi connectivity index (χ1n) is 5.64. The quantitative estimate of drug-likeness (QED) is 0.635. The molecule has 3 rings (SSSR count). The molecule has 0 aromatic rings. The first kappa shape index (κ1) is 10.0. The van der Waals surface area contributed by atoms with Crippen LogP contribution < -0.4 is 10.0 Å². The molecule has 1 aliphatic carbocycles. The van der Waals surface area contributed by atoms with Crippen LogP contribution in [0, 0.1) is 0 Å². The molecule has 1 unspecified atom stereocenters. The predicted molar refractivity (Wildman–Crippen MR) is 56.6 cm³/mol. The molecule has 5 nitrogen and oxygen atoms in total. The minimum Gasteiger partial charge on any atom is -0.315 e. The lowest BCUT2D eigenvalue weighted by molar-refractivity contribution is 0.163. The first-order chi connectivity index (χ1) is 7.14. The summed E-state index contributed by atoms with van der Waals surface area (Å²) in [6, 6.07) is 0.268. The highest BCUT2D eigenvalue weighted by Crippen LogP contribution is 2.40. The molecule has 0 radical (unpaired) electrons. The van der Waals surface area contributed by atoms with Crippen molar-refractivity contribution < 1.29 is 8.42 Å². The summed E-state index contributed by atoms with van der Waals surface area (Å²) in [5.41, 5.74) is -0.168. The van der Waals surface area contributed by atoms with Gasteiger partial charge in [-0.2, -0.15) is 12.7 Å². The Morgan fingerprint density at radius 1 is 1.27 bits per heavy atom. The number of nitrogens with zero attached hydrogens (tertiary/aromatic N) is 1. The molecular formula is C9H17N3O2S. The van der Waals surface area contributed by atoms with Gasteiger partial charge in [0, 0.05) is 19.1 Å². The molecule has 15 heavy (non-hydrogen) atoms. The molecule has 2 heterocycles. The Bertz CT molecular complexity index is 358. The van der Waals surface area contributed by atoms with Crippen LogP contribution in [-0.4, -0.2) is 43.9 Å². The average Bonchev–Trinajstić information content (AvgIpc) is 2.97. The molecule has 0 aromatic carbocycles. The van der Waals surface area contributed by atoms with Crippen LogP contribution in [0.25, 0.3) is 0 Å². The number of rotatable bonds is 1. The number of piperidine rings is 1. The van der Waals surface area contributed by atoms with Crippen LogP contribution >= 0.6 is 0 Å². The van der Waals surface area contributed by atoms with Crippen molar-refractivity contribution in [2.24, 2.45) is 0 Å². The second kappa shape index (κ2) is 3.16. The second-order valence-corrected chi connectivity index (χ2v) is 6.49. The van der Waals surface area contributed by atoms with E-state index in [1.807, 2.05) is 0 Å². The van der Waals surface area contributed by atoms with Crippen molar-refractivity contribution in [3.05, 3.63) is 0 Å². The monoisotopic (exact) mass is 231 g/mol. The number of nitrogens with one attached hydrogen (secondary N) is 2. The Hall–Kier alpha value is -0.170. The van der Waals surface area contributed by atoms with Crippen molar-refractivity contribution in [3.63, 3.8) is 0 Å². The lowest BCUT2D eigenvalue weighted by Gasteiger charge is -2.39. The molecule has 1 saturated carbocycles. The summed E-state index contributed by atoms with van der Waals surface area (Å²) < 4.78 is 28.2. The molecule has 2 N–H and O–H groups in total. The van der Waals surface area contributed by atoms with Crippen molar-refractivity contribution in [1.29, 1.82) is 0 Å². The van der Waals surface area contributed by atoms with Crippen molar-refractivity contribution in [2.75, 3.05) is 19.6 Å². The van der Waals surface area contributed by atoms with Gasteiger partial charge in [-0.15, -0.1) is 0 Å². The maximum absolute atomic E-state index is 11.9. The minimum absolute atomic E-state index is 0.168. The second-order valence-electron chi connectivity index (χ2n) is 4.86. The van der Waals surface area contributed by atoms with Crippen LogP contribution in [0.3, 0.4) is 0 Å². The van der Waals surface area contributed by atoms with Crippen LogP contribution in [0.15, 0.2) is 0 Å². The highest BCUT2D eigenvalue weighted by atomic mass is 32.2. The summed E-state index contributed by atoms with van der Waals surface area (Å²) in [4.78, 5) is 0. The van der Waals surface area contributed by atoms with E-state index in [0.29, 0.717) is 6.54 Å². The highest BCUT2D eigenvalue weighted by Gasteiger charge is 2.55. The zero-order valence-electron chi connectivity index (χ0n) is 8.70. The summed E-state index contributed by atoms with van der Waals surface area (Å²) in [6.07, 6.45) is 4.12. The van der Waals surface area contributed by atoms with Crippen LogP contribution in [-0.2, 0) is 10.2 Å². The van der Waals surface area contributed by atoms with E-state index < -0.39 is 10.2 Å². The minimum atomic E-state index is -3.19. The van der Waals surface area contributed by atoms with Gasteiger partial charge in [-0.05, 0) is 32.2 Å². The van der Waals surface area contributed by atoms with E-state index in [2.05, 4.69) is 10.0 Å². The van der Waals surface area contributed by atoms with Crippen molar-refractivity contribution in [3.8, 4) is 0 Å². The largest absolute Gasteiger partial charge is 0.315 e. The molecule has 2 saturated heterocycles. The molecule has 1 atom stereocenters. The van der Waals surface area contributed by atoms with Gasteiger partial charge in [-0.3, -0.25) is 0 Å². The fourth-order valence-corrected chi connectivity index (χ4v) is 4.74. The summed E-state index contributed by atoms with van der Waals surface area (Å²) in [6.45, 7) is 2.40. The van der Waals surface area contributed by atoms with Crippen LogP contribution in [0.5, 0.6) is 0 Å². The van der Waals surface area contributed by atoms with Crippen molar-refractivity contribution >= 4 is 10.2 Å². The van der Waals surface area contributed by atoms with Crippen LogP contribution in [0.4, 0.5) is 0 Å². The average molecular weight is 231 g/mol. The third kappa shape index (κ3) is 1.51. The molecule has 0 amide bonds. The van der Waals surface area contributed by atoms with Gasteiger partial charge < -0.3 is 5.32 Å². The maximum atomic E-state index is 11.9. The fourth-order valence-electron chi connectivity index (χ4n) is 2.81. The number of hydrogen-bond acceptors (Lipinski definition) is 3.